The normalized spacial score (nSPS) is 13.4. The van der Waals surface area contributed by atoms with Crippen LogP contribution < -0.4 is 10.1 Å². The van der Waals surface area contributed by atoms with Crippen molar-refractivity contribution in [1.29, 1.82) is 0 Å². The minimum Gasteiger partial charge on any atom is -0.496 e. The van der Waals surface area contributed by atoms with Crippen LogP contribution in [-0.4, -0.2) is 65.8 Å². The second-order valence-electron chi connectivity index (χ2n) is 7.69. The van der Waals surface area contributed by atoms with Crippen LogP contribution in [0.4, 0.5) is 5.13 Å². The highest BCUT2D eigenvalue weighted by atomic mass is 32.2. The van der Waals surface area contributed by atoms with Gasteiger partial charge in [-0.05, 0) is 42.1 Å². The van der Waals surface area contributed by atoms with Crippen molar-refractivity contribution in [2.24, 2.45) is 0 Å². The molecule has 3 aromatic rings. The van der Waals surface area contributed by atoms with Crippen molar-refractivity contribution in [2.75, 3.05) is 38.6 Å². The molecule has 0 bridgehead atoms. The molecule has 1 aliphatic heterocycles. The fourth-order valence-corrected chi connectivity index (χ4v) is 6.15. The zero-order chi connectivity index (χ0) is 24.9. The maximum atomic E-state index is 13.3. The van der Waals surface area contributed by atoms with E-state index in [-0.39, 0.29) is 17.7 Å². The van der Waals surface area contributed by atoms with Gasteiger partial charge in [-0.2, -0.15) is 11.3 Å². The van der Waals surface area contributed by atoms with Crippen LogP contribution in [0.25, 0.3) is 0 Å². The number of amides is 3. The highest BCUT2D eigenvalue weighted by Crippen LogP contribution is 2.38. The van der Waals surface area contributed by atoms with Crippen molar-refractivity contribution >= 4 is 57.3 Å². The van der Waals surface area contributed by atoms with Crippen molar-refractivity contribution < 1.29 is 19.1 Å². The number of piperazine rings is 1. The first-order valence-electron chi connectivity index (χ1n) is 10.8. The van der Waals surface area contributed by atoms with E-state index in [1.807, 2.05) is 24.4 Å². The zero-order valence-corrected chi connectivity index (χ0v) is 21.7. The van der Waals surface area contributed by atoms with Crippen LogP contribution in [-0.2, 0) is 4.79 Å². The molecular weight excluding hydrogens is 504 g/mol. The van der Waals surface area contributed by atoms with E-state index in [9.17, 15) is 14.4 Å². The van der Waals surface area contributed by atoms with Crippen molar-refractivity contribution in [3.8, 4) is 5.75 Å². The predicted molar refractivity (Wildman–Crippen MR) is 139 cm³/mol. The Morgan fingerprint density at radius 2 is 1.94 bits per heavy atom. The first kappa shape index (κ1) is 25.0. The van der Waals surface area contributed by atoms with Gasteiger partial charge in [-0.25, -0.2) is 4.98 Å². The van der Waals surface area contributed by atoms with Gasteiger partial charge < -0.3 is 14.5 Å². The summed E-state index contributed by atoms with van der Waals surface area (Å²) in [6, 6.07) is 5.46. The average Bonchev–Trinajstić information content (AvgIpc) is 3.57. The van der Waals surface area contributed by atoms with Crippen molar-refractivity contribution in [3.63, 3.8) is 0 Å². The lowest BCUT2D eigenvalue weighted by molar-refractivity contribution is -0.127. The summed E-state index contributed by atoms with van der Waals surface area (Å²) in [5.41, 5.74) is 2.03. The van der Waals surface area contributed by atoms with Crippen LogP contribution in [0.15, 0.2) is 56.9 Å². The predicted octanol–water partition coefficient (Wildman–Crippen LogP) is 4.40. The van der Waals surface area contributed by atoms with Crippen molar-refractivity contribution in [1.82, 2.24) is 14.8 Å². The average molecular weight is 529 g/mol. The lowest BCUT2D eigenvalue weighted by atomic mass is 10.1. The molecule has 1 N–H and O–H groups in total. The van der Waals surface area contributed by atoms with E-state index in [0.29, 0.717) is 48.2 Å². The number of thiophene rings is 1. The van der Waals surface area contributed by atoms with E-state index in [1.54, 1.807) is 34.6 Å². The number of hydrogen-bond donors (Lipinski definition) is 1. The van der Waals surface area contributed by atoms with Gasteiger partial charge in [0.05, 0.1) is 28.6 Å². The fourth-order valence-electron chi connectivity index (χ4n) is 3.57. The maximum Gasteiger partial charge on any atom is 0.258 e. The lowest BCUT2D eigenvalue weighted by Gasteiger charge is -2.34. The molecule has 0 atom stereocenters. The molecule has 3 amide bonds. The lowest BCUT2D eigenvalue weighted by Crippen LogP contribution is -2.50. The minimum atomic E-state index is -0.194. The van der Waals surface area contributed by atoms with Gasteiger partial charge >= 0.3 is 0 Å². The first-order chi connectivity index (χ1) is 16.9. The van der Waals surface area contributed by atoms with Crippen LogP contribution in [0.5, 0.6) is 5.75 Å². The molecule has 2 aromatic heterocycles. The maximum absolute atomic E-state index is 13.3. The summed E-state index contributed by atoms with van der Waals surface area (Å²) >= 11 is 4.31. The molecule has 0 aliphatic carbocycles. The second-order valence-corrected chi connectivity index (χ2v) is 10.8. The zero-order valence-electron chi connectivity index (χ0n) is 19.3. The molecule has 0 radical (unpaired) electrons. The standard InChI is InChI=1S/C24H24N4O4S3/c1-4-20(29)27-6-8-28(9-7-27)23(31)17-12-19(15(2)11-18(17)32-3)34-21-13-25-24(35-21)26-22(30)16-5-10-33-14-16/h4-5,10-14H,1,6-9H2,2-3H3,(H,25,26,30). The molecule has 1 fully saturated rings. The van der Waals surface area contributed by atoms with E-state index < -0.39 is 0 Å². The number of benzene rings is 1. The molecule has 35 heavy (non-hydrogen) atoms. The molecule has 0 saturated carbocycles. The third-order valence-corrected chi connectivity index (χ3v) is 8.34. The number of anilines is 1. The Bertz CT molecular complexity index is 1250. The third-order valence-electron chi connectivity index (χ3n) is 5.48. The highest BCUT2D eigenvalue weighted by Gasteiger charge is 2.26. The number of aromatic nitrogens is 1. The highest BCUT2D eigenvalue weighted by molar-refractivity contribution is 8.01. The smallest absolute Gasteiger partial charge is 0.258 e. The summed E-state index contributed by atoms with van der Waals surface area (Å²) in [4.78, 5) is 46.1. The summed E-state index contributed by atoms with van der Waals surface area (Å²) in [7, 11) is 1.55. The Morgan fingerprint density at radius 3 is 2.60 bits per heavy atom. The Labute approximate surface area is 215 Å². The fraction of sp³-hybridized carbons (Fsp3) is 0.250. The SMILES string of the molecule is C=CC(=O)N1CCN(C(=O)c2cc(Sc3cnc(NC(=O)c4ccsc4)s3)c(C)cc2OC)CC1. The van der Waals surface area contributed by atoms with Crippen molar-refractivity contribution in [2.45, 2.75) is 16.0 Å². The Kier molecular flexibility index (Phi) is 7.89. The van der Waals surface area contributed by atoms with Crippen LogP contribution >= 0.6 is 34.4 Å². The summed E-state index contributed by atoms with van der Waals surface area (Å²) in [6.07, 6.45) is 3.00. The van der Waals surface area contributed by atoms with Crippen LogP contribution in [0.1, 0.15) is 26.3 Å². The summed E-state index contributed by atoms with van der Waals surface area (Å²) in [6.45, 7) is 7.30. The molecule has 182 valence electrons. The number of ether oxygens (including phenoxy) is 1. The Balaban J connectivity index is 1.48. The quantitative estimate of drug-likeness (QED) is 0.457. The van der Waals surface area contributed by atoms with Gasteiger partial charge in [-0.15, -0.1) is 0 Å². The number of methoxy groups -OCH3 is 1. The number of aryl methyl sites for hydroxylation is 1. The third kappa shape index (κ3) is 5.75. The first-order valence-corrected chi connectivity index (χ1v) is 13.3. The van der Waals surface area contributed by atoms with Gasteiger partial charge in [-0.3, -0.25) is 19.7 Å². The molecule has 11 heteroatoms. The number of hydrogen-bond acceptors (Lipinski definition) is 8. The van der Waals surface area contributed by atoms with Gasteiger partial charge in [0.2, 0.25) is 5.91 Å². The van der Waals surface area contributed by atoms with Crippen molar-refractivity contribution in [3.05, 3.63) is 64.5 Å². The molecule has 8 nitrogen and oxygen atoms in total. The largest absolute Gasteiger partial charge is 0.496 e. The molecule has 4 rings (SSSR count). The molecule has 0 spiro atoms. The molecular formula is C24H24N4O4S3. The number of carbonyl (C=O) groups is 3. The Morgan fingerprint density at radius 1 is 1.20 bits per heavy atom. The van der Waals surface area contributed by atoms with Crippen LogP contribution in [0.3, 0.4) is 0 Å². The summed E-state index contributed by atoms with van der Waals surface area (Å²) in [5, 5.41) is 6.97. The van der Waals surface area contributed by atoms with E-state index in [1.165, 1.54) is 40.5 Å². The van der Waals surface area contributed by atoms with Gasteiger partial charge in [0.15, 0.2) is 5.13 Å². The van der Waals surface area contributed by atoms with Gasteiger partial charge in [-0.1, -0.05) is 29.7 Å². The van der Waals surface area contributed by atoms with Gasteiger partial charge in [0.1, 0.15) is 5.75 Å². The second kappa shape index (κ2) is 11.1. The van der Waals surface area contributed by atoms with Crippen LogP contribution in [0.2, 0.25) is 0 Å². The van der Waals surface area contributed by atoms with Gasteiger partial charge in [0.25, 0.3) is 11.8 Å². The molecule has 1 aromatic carbocycles. The number of rotatable bonds is 7. The minimum absolute atomic E-state index is 0.126. The molecule has 1 aliphatic rings. The molecule has 1 saturated heterocycles. The molecule has 0 unspecified atom stereocenters. The van der Waals surface area contributed by atoms with E-state index in [4.69, 9.17) is 4.74 Å². The Hall–Kier alpha value is -3.15. The number of nitrogens with one attached hydrogen (secondary N) is 1. The van der Waals surface area contributed by atoms with E-state index in [0.717, 1.165) is 14.7 Å². The topological polar surface area (TPSA) is 91.8 Å². The van der Waals surface area contributed by atoms with E-state index in [2.05, 4.69) is 16.9 Å². The van der Waals surface area contributed by atoms with E-state index >= 15 is 0 Å². The number of thiazole rings is 1. The van der Waals surface area contributed by atoms with Gasteiger partial charge in [0, 0.05) is 36.5 Å². The molecule has 3 heterocycles. The van der Waals surface area contributed by atoms with Crippen LogP contribution in [0, 0.1) is 6.92 Å². The monoisotopic (exact) mass is 528 g/mol. The summed E-state index contributed by atoms with van der Waals surface area (Å²) < 4.78 is 6.40. The number of nitrogens with zero attached hydrogens (tertiary/aromatic N) is 3. The number of carbonyl (C=O) groups excluding carboxylic acids is 3. The summed E-state index contributed by atoms with van der Waals surface area (Å²) in [5.74, 6) is 0.0524.